The van der Waals surface area contributed by atoms with Crippen LogP contribution in [0.4, 0.5) is 10.1 Å². The van der Waals surface area contributed by atoms with E-state index in [4.69, 9.17) is 10.8 Å². The quantitative estimate of drug-likeness (QED) is 0.746. The Labute approximate surface area is 122 Å². The third-order valence-electron chi connectivity index (χ3n) is 3.88. The van der Waals surface area contributed by atoms with Gasteiger partial charge < -0.3 is 16.2 Å². The van der Waals surface area contributed by atoms with Crippen LogP contribution >= 0.6 is 0 Å². The van der Waals surface area contributed by atoms with Crippen LogP contribution in [0.15, 0.2) is 18.2 Å². The minimum absolute atomic E-state index is 0.0125. The van der Waals surface area contributed by atoms with Crippen molar-refractivity contribution in [1.29, 1.82) is 0 Å². The standard InChI is InChI=1S/C15H19FN2O3/c16-11-8-9(15(20)21)6-7-13(11)18-14(19)10-4-2-1-3-5-12(10)17/h6-8,10,12H,1-5,17H2,(H,18,19)(H,20,21). The van der Waals surface area contributed by atoms with Crippen molar-refractivity contribution in [1.82, 2.24) is 0 Å². The second-order valence-electron chi connectivity index (χ2n) is 5.40. The number of carbonyl (C=O) groups is 2. The fourth-order valence-corrected chi connectivity index (χ4v) is 2.64. The van der Waals surface area contributed by atoms with E-state index in [9.17, 15) is 14.0 Å². The van der Waals surface area contributed by atoms with Crippen molar-refractivity contribution in [3.8, 4) is 0 Å². The third kappa shape index (κ3) is 3.78. The summed E-state index contributed by atoms with van der Waals surface area (Å²) >= 11 is 0. The summed E-state index contributed by atoms with van der Waals surface area (Å²) in [5.41, 5.74) is 5.83. The van der Waals surface area contributed by atoms with Crippen LogP contribution in [0.25, 0.3) is 0 Å². The largest absolute Gasteiger partial charge is 0.478 e. The third-order valence-corrected chi connectivity index (χ3v) is 3.88. The van der Waals surface area contributed by atoms with Gasteiger partial charge in [-0.05, 0) is 31.0 Å². The average Bonchev–Trinajstić information content (AvgIpc) is 2.65. The molecule has 1 aliphatic rings. The molecule has 1 aromatic carbocycles. The summed E-state index contributed by atoms with van der Waals surface area (Å²) in [5, 5.41) is 11.3. The highest BCUT2D eigenvalue weighted by Gasteiger charge is 2.27. The van der Waals surface area contributed by atoms with Gasteiger partial charge in [0.05, 0.1) is 17.2 Å². The summed E-state index contributed by atoms with van der Waals surface area (Å²) in [6, 6.07) is 3.20. The van der Waals surface area contributed by atoms with Crippen LogP contribution in [-0.4, -0.2) is 23.0 Å². The number of halogens is 1. The van der Waals surface area contributed by atoms with Gasteiger partial charge in [-0.2, -0.15) is 0 Å². The number of amides is 1. The molecule has 0 bridgehead atoms. The zero-order valence-corrected chi connectivity index (χ0v) is 11.6. The van der Waals surface area contributed by atoms with Crippen molar-refractivity contribution in [2.24, 2.45) is 11.7 Å². The molecule has 1 saturated carbocycles. The Morgan fingerprint density at radius 3 is 2.62 bits per heavy atom. The first-order chi connectivity index (χ1) is 9.99. The molecule has 6 heteroatoms. The van der Waals surface area contributed by atoms with Crippen molar-refractivity contribution in [3.63, 3.8) is 0 Å². The number of hydrogen-bond acceptors (Lipinski definition) is 3. The maximum Gasteiger partial charge on any atom is 0.335 e. The predicted octanol–water partition coefficient (Wildman–Crippen LogP) is 2.37. The molecule has 0 heterocycles. The van der Waals surface area contributed by atoms with Crippen LogP contribution in [0.5, 0.6) is 0 Å². The number of anilines is 1. The molecule has 0 saturated heterocycles. The Hall–Kier alpha value is -1.95. The van der Waals surface area contributed by atoms with E-state index in [2.05, 4.69) is 5.32 Å². The van der Waals surface area contributed by atoms with E-state index in [-0.39, 0.29) is 29.1 Å². The molecular formula is C15H19FN2O3. The molecule has 1 fully saturated rings. The van der Waals surface area contributed by atoms with E-state index >= 15 is 0 Å². The van der Waals surface area contributed by atoms with E-state index in [1.165, 1.54) is 12.1 Å². The first-order valence-corrected chi connectivity index (χ1v) is 7.08. The lowest BCUT2D eigenvalue weighted by Crippen LogP contribution is -2.38. The Balaban J connectivity index is 2.10. The first-order valence-electron chi connectivity index (χ1n) is 7.08. The second kappa shape index (κ2) is 6.67. The second-order valence-corrected chi connectivity index (χ2v) is 5.40. The molecule has 1 aliphatic carbocycles. The van der Waals surface area contributed by atoms with Crippen molar-refractivity contribution >= 4 is 17.6 Å². The van der Waals surface area contributed by atoms with E-state index in [1.807, 2.05) is 0 Å². The average molecular weight is 294 g/mol. The fourth-order valence-electron chi connectivity index (χ4n) is 2.64. The Morgan fingerprint density at radius 2 is 1.95 bits per heavy atom. The summed E-state index contributed by atoms with van der Waals surface area (Å²) in [6.45, 7) is 0. The summed E-state index contributed by atoms with van der Waals surface area (Å²) in [7, 11) is 0. The van der Waals surface area contributed by atoms with Gasteiger partial charge in [0.1, 0.15) is 5.82 Å². The number of carboxylic acid groups (broad SMARTS) is 1. The zero-order chi connectivity index (χ0) is 15.4. The molecule has 114 valence electrons. The lowest BCUT2D eigenvalue weighted by Gasteiger charge is -2.20. The molecule has 2 unspecified atom stereocenters. The molecule has 2 atom stereocenters. The monoisotopic (exact) mass is 294 g/mol. The Kier molecular flexibility index (Phi) is 4.90. The minimum Gasteiger partial charge on any atom is -0.478 e. The summed E-state index contributed by atoms with van der Waals surface area (Å²) in [6.07, 6.45) is 4.48. The minimum atomic E-state index is -1.21. The number of benzene rings is 1. The zero-order valence-electron chi connectivity index (χ0n) is 11.6. The van der Waals surface area contributed by atoms with Gasteiger partial charge in [0.15, 0.2) is 0 Å². The van der Waals surface area contributed by atoms with Crippen LogP contribution in [0.3, 0.4) is 0 Å². The molecule has 0 aromatic heterocycles. The number of aromatic carboxylic acids is 1. The van der Waals surface area contributed by atoms with E-state index in [0.29, 0.717) is 6.42 Å². The van der Waals surface area contributed by atoms with Gasteiger partial charge in [-0.25, -0.2) is 9.18 Å². The summed E-state index contributed by atoms with van der Waals surface area (Å²) in [5.74, 6) is -2.60. The molecule has 0 spiro atoms. The number of carboxylic acids is 1. The number of nitrogens with two attached hydrogens (primary N) is 1. The molecule has 4 N–H and O–H groups in total. The van der Waals surface area contributed by atoms with Gasteiger partial charge in [0, 0.05) is 6.04 Å². The van der Waals surface area contributed by atoms with Crippen molar-refractivity contribution in [2.75, 3.05) is 5.32 Å². The topological polar surface area (TPSA) is 92.4 Å². The highest BCUT2D eigenvalue weighted by molar-refractivity contribution is 5.94. The fraction of sp³-hybridized carbons (Fsp3) is 0.467. The molecule has 0 aliphatic heterocycles. The van der Waals surface area contributed by atoms with E-state index in [0.717, 1.165) is 31.7 Å². The predicted molar refractivity (Wildman–Crippen MR) is 76.5 cm³/mol. The molecule has 1 amide bonds. The Morgan fingerprint density at radius 1 is 1.24 bits per heavy atom. The van der Waals surface area contributed by atoms with Crippen molar-refractivity contribution < 1.29 is 19.1 Å². The number of carbonyl (C=O) groups excluding carboxylic acids is 1. The number of hydrogen-bond donors (Lipinski definition) is 3. The molecular weight excluding hydrogens is 275 g/mol. The maximum absolute atomic E-state index is 13.8. The molecule has 1 aromatic rings. The van der Waals surface area contributed by atoms with Gasteiger partial charge in [0.25, 0.3) is 0 Å². The van der Waals surface area contributed by atoms with Gasteiger partial charge in [-0.3, -0.25) is 4.79 Å². The summed E-state index contributed by atoms with van der Waals surface area (Å²) in [4.78, 5) is 23.0. The van der Waals surface area contributed by atoms with Crippen LogP contribution in [0.1, 0.15) is 42.5 Å². The van der Waals surface area contributed by atoms with Gasteiger partial charge in [0.2, 0.25) is 5.91 Å². The van der Waals surface area contributed by atoms with Gasteiger partial charge in [-0.15, -0.1) is 0 Å². The molecule has 0 radical (unpaired) electrons. The lowest BCUT2D eigenvalue weighted by atomic mass is 9.94. The van der Waals surface area contributed by atoms with Crippen LogP contribution in [0.2, 0.25) is 0 Å². The van der Waals surface area contributed by atoms with Gasteiger partial charge >= 0.3 is 5.97 Å². The highest BCUT2D eigenvalue weighted by Crippen LogP contribution is 2.24. The van der Waals surface area contributed by atoms with Crippen LogP contribution < -0.4 is 11.1 Å². The van der Waals surface area contributed by atoms with Crippen molar-refractivity contribution in [3.05, 3.63) is 29.6 Å². The summed E-state index contributed by atoms with van der Waals surface area (Å²) < 4.78 is 13.8. The van der Waals surface area contributed by atoms with Crippen LogP contribution in [-0.2, 0) is 4.79 Å². The van der Waals surface area contributed by atoms with Crippen LogP contribution in [0, 0.1) is 11.7 Å². The molecule has 21 heavy (non-hydrogen) atoms. The lowest BCUT2D eigenvalue weighted by molar-refractivity contribution is -0.120. The normalized spacial score (nSPS) is 22.4. The highest BCUT2D eigenvalue weighted by atomic mass is 19.1. The number of rotatable bonds is 3. The van der Waals surface area contributed by atoms with E-state index in [1.54, 1.807) is 0 Å². The van der Waals surface area contributed by atoms with Crippen molar-refractivity contribution in [2.45, 2.75) is 38.1 Å². The molecule has 5 nitrogen and oxygen atoms in total. The Bertz CT molecular complexity index is 548. The maximum atomic E-state index is 13.8. The first kappa shape index (κ1) is 15.4. The molecule has 2 rings (SSSR count). The number of nitrogens with one attached hydrogen (secondary N) is 1. The van der Waals surface area contributed by atoms with Gasteiger partial charge in [-0.1, -0.05) is 19.3 Å². The van der Waals surface area contributed by atoms with E-state index < -0.39 is 11.8 Å². The smallest absolute Gasteiger partial charge is 0.335 e. The SMILES string of the molecule is NC1CCCCCC1C(=O)Nc1ccc(C(=O)O)cc1F.